The normalized spacial score (nSPS) is 12.4. The number of fused-ring (bicyclic) bond motifs is 2. The topological polar surface area (TPSA) is 0 Å². The van der Waals surface area contributed by atoms with Crippen LogP contribution in [0.25, 0.3) is 21.5 Å². The number of benzene rings is 3. The van der Waals surface area contributed by atoms with Gasteiger partial charge in [-0.1, -0.05) is 0 Å². The van der Waals surface area contributed by atoms with Crippen LogP contribution in [0.4, 0.5) is 0 Å². The molecule has 3 aromatic rings. The molecule has 0 N–H and O–H groups in total. The Morgan fingerprint density at radius 3 is 1.50 bits per heavy atom. The van der Waals surface area contributed by atoms with Crippen molar-refractivity contribution in [1.82, 2.24) is 0 Å². The molecule has 0 radical (unpaired) electrons. The molecular formula is C31H37Cl2P. The van der Waals surface area contributed by atoms with Crippen molar-refractivity contribution in [3.8, 4) is 23.4 Å². The Labute approximate surface area is 217 Å². The Hall–Kier alpha value is -1.69. The standard InChI is InChI=1S/C31H37Cl2P/c1-20(2)10-9-11-26-27-14-12-25(33)19-31(27)29(28-15-13-24(32)18-30(26)28)16-17-34(21(3)4,22(5)6)23(7)8/h12-15,18-23,34H,10H2,1-8H3. The fraction of sp³-hybridized carbons (Fsp3) is 0.419. The minimum absolute atomic E-state index is 0.523. The summed E-state index contributed by atoms with van der Waals surface area (Å²) in [6.45, 7) is 18.5. The summed E-state index contributed by atoms with van der Waals surface area (Å²) in [5.41, 5.74) is 7.67. The molecule has 0 aromatic heterocycles. The summed E-state index contributed by atoms with van der Waals surface area (Å²) in [6.07, 6.45) is 0.851. The molecular weight excluding hydrogens is 474 g/mol. The van der Waals surface area contributed by atoms with Gasteiger partial charge in [0, 0.05) is 0 Å². The molecule has 0 nitrogen and oxygen atoms in total. The third-order valence-corrected chi connectivity index (χ3v) is 13.8. The molecule has 0 saturated heterocycles. The van der Waals surface area contributed by atoms with Crippen LogP contribution in [0.1, 0.15) is 72.9 Å². The van der Waals surface area contributed by atoms with Gasteiger partial charge in [0.05, 0.1) is 0 Å². The summed E-state index contributed by atoms with van der Waals surface area (Å²) in [4.78, 5) is 0. The van der Waals surface area contributed by atoms with Crippen molar-refractivity contribution in [3.05, 3.63) is 57.6 Å². The maximum atomic E-state index is 6.51. The van der Waals surface area contributed by atoms with Crippen LogP contribution in [-0.2, 0) is 0 Å². The summed E-state index contributed by atoms with van der Waals surface area (Å²) >= 11 is 13.0. The fourth-order valence-electron chi connectivity index (χ4n) is 5.39. The van der Waals surface area contributed by atoms with Gasteiger partial charge in [0.2, 0.25) is 0 Å². The number of halogens is 2. The second-order valence-corrected chi connectivity index (χ2v) is 17.1. The summed E-state index contributed by atoms with van der Waals surface area (Å²) < 4.78 is 0. The van der Waals surface area contributed by atoms with Crippen LogP contribution in [0.2, 0.25) is 10.0 Å². The van der Waals surface area contributed by atoms with Gasteiger partial charge in [-0.05, 0) is 0 Å². The van der Waals surface area contributed by atoms with Gasteiger partial charge in [-0.15, -0.1) is 0 Å². The zero-order valence-corrected chi connectivity index (χ0v) is 24.2. The van der Waals surface area contributed by atoms with Crippen LogP contribution in [0.3, 0.4) is 0 Å². The van der Waals surface area contributed by atoms with Crippen LogP contribution in [-0.4, -0.2) is 17.0 Å². The van der Waals surface area contributed by atoms with Crippen LogP contribution >= 0.6 is 30.5 Å². The van der Waals surface area contributed by atoms with E-state index in [2.05, 4.69) is 90.9 Å². The first-order valence-electron chi connectivity index (χ1n) is 12.4. The van der Waals surface area contributed by atoms with Gasteiger partial charge in [0.15, 0.2) is 0 Å². The van der Waals surface area contributed by atoms with Gasteiger partial charge >= 0.3 is 218 Å². The van der Waals surface area contributed by atoms with Gasteiger partial charge in [-0.25, -0.2) is 0 Å². The van der Waals surface area contributed by atoms with Crippen molar-refractivity contribution in [2.24, 2.45) is 5.92 Å². The molecule has 0 saturated carbocycles. The van der Waals surface area contributed by atoms with E-state index in [1.54, 1.807) is 0 Å². The third kappa shape index (κ3) is 5.27. The molecule has 0 unspecified atom stereocenters. The van der Waals surface area contributed by atoms with Crippen LogP contribution < -0.4 is 0 Å². The molecule has 34 heavy (non-hydrogen) atoms. The van der Waals surface area contributed by atoms with Crippen molar-refractivity contribution >= 4 is 52.0 Å². The second kappa shape index (κ2) is 10.9. The fourth-order valence-corrected chi connectivity index (χ4v) is 10.9. The quantitative estimate of drug-likeness (QED) is 0.186. The molecule has 3 rings (SSSR count). The predicted molar refractivity (Wildman–Crippen MR) is 158 cm³/mol. The van der Waals surface area contributed by atoms with Crippen molar-refractivity contribution in [3.63, 3.8) is 0 Å². The van der Waals surface area contributed by atoms with Crippen molar-refractivity contribution in [2.75, 3.05) is 0 Å². The molecule has 0 aliphatic rings. The first-order valence-corrected chi connectivity index (χ1v) is 15.3. The average Bonchev–Trinajstić information content (AvgIpc) is 2.74. The van der Waals surface area contributed by atoms with E-state index in [0.717, 1.165) is 39.1 Å². The molecule has 0 spiro atoms. The number of rotatable bonds is 4. The zero-order valence-electron chi connectivity index (χ0n) is 21.7. The van der Waals surface area contributed by atoms with Gasteiger partial charge in [0.25, 0.3) is 0 Å². The van der Waals surface area contributed by atoms with E-state index in [1.165, 1.54) is 0 Å². The Kier molecular flexibility index (Phi) is 8.65. The third-order valence-electron chi connectivity index (χ3n) is 7.03. The first kappa shape index (κ1) is 26.9. The Morgan fingerprint density at radius 1 is 0.647 bits per heavy atom. The molecule has 0 atom stereocenters. The average molecular weight is 512 g/mol. The van der Waals surface area contributed by atoms with E-state index >= 15 is 0 Å². The van der Waals surface area contributed by atoms with Gasteiger partial charge in [-0.2, -0.15) is 0 Å². The van der Waals surface area contributed by atoms with Crippen LogP contribution in [0, 0.1) is 29.3 Å². The molecule has 0 amide bonds. The summed E-state index contributed by atoms with van der Waals surface area (Å²) in [7, 11) is -1.90. The number of hydrogen-bond acceptors (Lipinski definition) is 0. The maximum absolute atomic E-state index is 6.51. The van der Waals surface area contributed by atoms with Gasteiger partial charge < -0.3 is 0 Å². The Morgan fingerprint density at radius 2 is 1.09 bits per heavy atom. The summed E-state index contributed by atoms with van der Waals surface area (Å²) in [5, 5.41) is 5.74. The van der Waals surface area contributed by atoms with E-state index < -0.39 is 7.26 Å². The predicted octanol–water partition coefficient (Wildman–Crippen LogP) is 9.98. The monoisotopic (exact) mass is 510 g/mol. The van der Waals surface area contributed by atoms with E-state index in [0.29, 0.717) is 32.9 Å². The second-order valence-electron chi connectivity index (χ2n) is 10.7. The number of hydrogen-bond donors (Lipinski definition) is 0. The Balaban J connectivity index is 2.46. The molecule has 0 fully saturated rings. The van der Waals surface area contributed by atoms with Gasteiger partial charge in [0.1, 0.15) is 0 Å². The molecule has 180 valence electrons. The van der Waals surface area contributed by atoms with Crippen molar-refractivity contribution < 1.29 is 0 Å². The zero-order chi connectivity index (χ0) is 25.2. The van der Waals surface area contributed by atoms with E-state index in [1.807, 2.05) is 24.3 Å². The SMILES string of the molecule is CC(C)CC#Cc1c2ccc(Cl)cc2c(C#C[PH](C(C)C)(C(C)C)C(C)C)c2ccc(Cl)cc12. The van der Waals surface area contributed by atoms with E-state index in [9.17, 15) is 0 Å². The molecule has 3 heteroatoms. The summed E-state index contributed by atoms with van der Waals surface area (Å²) in [6, 6.07) is 12.2. The Bertz CT molecular complexity index is 1300. The molecule has 0 aliphatic heterocycles. The molecule has 3 aromatic carbocycles. The first-order chi connectivity index (χ1) is 16.0. The minimum atomic E-state index is -1.90. The van der Waals surface area contributed by atoms with Crippen molar-refractivity contribution in [2.45, 2.75) is 78.8 Å². The van der Waals surface area contributed by atoms with E-state index in [4.69, 9.17) is 23.2 Å². The molecule has 0 aliphatic carbocycles. The van der Waals surface area contributed by atoms with Crippen molar-refractivity contribution in [1.29, 1.82) is 0 Å². The summed E-state index contributed by atoms with van der Waals surface area (Å²) in [5.74, 6) is 11.1. The van der Waals surface area contributed by atoms with Crippen LogP contribution in [0.5, 0.6) is 0 Å². The van der Waals surface area contributed by atoms with Gasteiger partial charge in [-0.3, -0.25) is 0 Å². The molecule has 0 heterocycles. The van der Waals surface area contributed by atoms with E-state index in [-0.39, 0.29) is 0 Å². The molecule has 0 bridgehead atoms. The van der Waals surface area contributed by atoms with Crippen LogP contribution in [0.15, 0.2) is 36.4 Å².